The molecule has 4 amide bonds. The molecule has 0 heterocycles. The van der Waals surface area contributed by atoms with E-state index in [0.29, 0.717) is 25.7 Å². The van der Waals surface area contributed by atoms with Crippen LogP contribution in [0.5, 0.6) is 0 Å². The summed E-state index contributed by atoms with van der Waals surface area (Å²) in [7, 11) is 1.60. The van der Waals surface area contributed by atoms with Crippen LogP contribution < -0.4 is 26.6 Å². The maximum Gasteiger partial charge on any atom is 0.326 e. The lowest BCUT2D eigenvalue weighted by molar-refractivity contribution is -0.146. The Morgan fingerprint density at radius 2 is 0.922 bits per heavy atom. The Hall–Kier alpha value is -5.59. The lowest BCUT2D eigenvalue weighted by atomic mass is 9.93. The molecule has 0 rings (SSSR count). The fourth-order valence-corrected chi connectivity index (χ4v) is 8.31. The highest BCUT2D eigenvalue weighted by molar-refractivity contribution is 5.87. The van der Waals surface area contributed by atoms with Crippen molar-refractivity contribution in [3.8, 4) is 0 Å². The number of amides is 4. The number of carboxylic acid groups (broad SMARTS) is 5. The molecule has 77 heavy (non-hydrogen) atoms. The second kappa shape index (κ2) is 45.4. The van der Waals surface area contributed by atoms with Gasteiger partial charge >= 0.3 is 29.8 Å². The van der Waals surface area contributed by atoms with E-state index < -0.39 is 102 Å². The number of rotatable bonds is 53. The van der Waals surface area contributed by atoms with Gasteiger partial charge in [-0.2, -0.15) is 0 Å². The second-order valence-corrected chi connectivity index (χ2v) is 19.5. The van der Waals surface area contributed by atoms with E-state index in [0.717, 1.165) is 51.4 Å². The quantitative estimate of drug-likeness (QED) is 0.0385. The van der Waals surface area contributed by atoms with Crippen molar-refractivity contribution in [2.24, 2.45) is 11.8 Å². The molecule has 0 aliphatic rings. The van der Waals surface area contributed by atoms with Crippen molar-refractivity contribution in [1.82, 2.24) is 26.6 Å². The van der Waals surface area contributed by atoms with Crippen molar-refractivity contribution < 1.29 is 92.9 Å². The second-order valence-electron chi connectivity index (χ2n) is 19.5. The summed E-state index contributed by atoms with van der Waals surface area (Å²) in [5.74, 6) is -11.0. The molecule has 0 aromatic carbocycles. The number of ketones is 2. The van der Waals surface area contributed by atoms with Crippen LogP contribution in [-0.2, 0) is 62.2 Å². The van der Waals surface area contributed by atoms with Gasteiger partial charge in [-0.25, -0.2) is 9.59 Å². The van der Waals surface area contributed by atoms with Crippen LogP contribution >= 0.6 is 0 Å². The number of carbonyl (C=O) groups is 11. The molecule has 24 nitrogen and oxygen atoms in total. The van der Waals surface area contributed by atoms with Crippen LogP contribution in [-0.4, -0.2) is 166 Å². The first kappa shape index (κ1) is 71.4. The molecule has 0 aliphatic carbocycles. The van der Waals surface area contributed by atoms with Crippen LogP contribution in [0.4, 0.5) is 0 Å². The Kier molecular flexibility index (Phi) is 42.1. The van der Waals surface area contributed by atoms with Crippen LogP contribution in [0.2, 0.25) is 0 Å². The highest BCUT2D eigenvalue weighted by Gasteiger charge is 2.27. The number of hydrogen-bond donors (Lipinski definition) is 11. The van der Waals surface area contributed by atoms with E-state index in [-0.39, 0.29) is 109 Å². The van der Waals surface area contributed by atoms with Crippen molar-refractivity contribution in [3.05, 3.63) is 0 Å². The lowest BCUT2D eigenvalue weighted by Crippen LogP contribution is -2.43. The molecule has 442 valence electrons. The van der Waals surface area contributed by atoms with E-state index in [1.165, 1.54) is 39.0 Å². The molecule has 0 aromatic rings. The molecule has 0 aromatic heterocycles. The summed E-state index contributed by atoms with van der Waals surface area (Å²) in [6.45, 7) is 1.14. The number of aliphatic carboxylic acids is 5. The molecular weight excluding hydrogens is 1010 g/mol. The number of carboxylic acids is 5. The van der Waals surface area contributed by atoms with Crippen molar-refractivity contribution in [1.29, 1.82) is 0 Å². The normalized spacial score (nSPS) is 13.5. The monoisotopic (exact) mass is 1100 g/mol. The summed E-state index contributed by atoms with van der Waals surface area (Å²) in [5, 5.41) is 69.2. The highest BCUT2D eigenvalue weighted by atomic mass is 16.5. The van der Waals surface area contributed by atoms with Crippen LogP contribution in [0.1, 0.15) is 187 Å². The van der Waals surface area contributed by atoms with Crippen LogP contribution in [0.25, 0.3) is 0 Å². The maximum atomic E-state index is 12.7. The first-order chi connectivity index (χ1) is 36.7. The average molecular weight is 1100 g/mol. The smallest absolute Gasteiger partial charge is 0.326 e. The van der Waals surface area contributed by atoms with E-state index in [9.17, 15) is 78.3 Å². The Bertz CT molecular complexity index is 1780. The summed E-state index contributed by atoms with van der Waals surface area (Å²) < 4.78 is 10.6. The summed E-state index contributed by atoms with van der Waals surface area (Å²) in [4.78, 5) is 132. The predicted molar refractivity (Wildman–Crippen MR) is 280 cm³/mol. The first-order valence-corrected chi connectivity index (χ1v) is 27.5. The minimum absolute atomic E-state index is 0.00105. The van der Waals surface area contributed by atoms with E-state index in [1.807, 2.05) is 0 Å². The van der Waals surface area contributed by atoms with Gasteiger partial charge in [0.05, 0.1) is 43.8 Å². The zero-order valence-corrected chi connectivity index (χ0v) is 45.5. The summed E-state index contributed by atoms with van der Waals surface area (Å²) >= 11 is 0. The third-order valence-corrected chi connectivity index (χ3v) is 13.0. The minimum atomic E-state index is -1.48. The molecule has 0 bridgehead atoms. The van der Waals surface area contributed by atoms with E-state index >= 15 is 0 Å². The maximum absolute atomic E-state index is 12.7. The number of hydrogen-bond acceptors (Lipinski definition) is 15. The number of aliphatic hydroxyl groups excluding tert-OH is 1. The number of carbonyl (C=O) groups excluding carboxylic acids is 6. The van der Waals surface area contributed by atoms with Crippen molar-refractivity contribution in [2.75, 3.05) is 46.6 Å². The third-order valence-electron chi connectivity index (χ3n) is 13.0. The standard InChI is InChI=1S/C53H91N5O19/c1-37(59)40(51(70)71)24-27-44(61)41(54-2)19-17-18-30-55-45(62)28-22-38(50(68)69)35-39(60)23-25-42(52(72)73)58-48(65)36-77-34-33-76-32-31-56-46(63)29-26-43(53(74)75)57-47(64)20-15-13-11-9-7-5-3-4-6-8-10-12-14-16-21-49(66)67/h37-38,40-43,54,59H,3-36H2,1-2H3,(H,55,62)(H,56,63)(H,57,64)(H,58,65)(H,66,67)(H,68,69)(H,70,71)(H,72,73)(H,74,75)/t37-,38-,40+,41+,42+,43+/m1/s1. The van der Waals surface area contributed by atoms with E-state index in [1.54, 1.807) is 7.05 Å². The van der Waals surface area contributed by atoms with Gasteiger partial charge in [-0.05, 0) is 71.8 Å². The SMILES string of the molecule is CN[C@@H](CCCCNC(=O)CC[C@H](CC(=O)CC[C@H](NC(=O)COCCOCCNC(=O)CC[C@H](NC(=O)CCCCCCCCCCCCCCCCC(=O)O)C(=O)O)C(=O)O)C(=O)O)C(=O)CC[C@H](C(=O)O)[C@@H](C)O. The highest BCUT2D eigenvalue weighted by Crippen LogP contribution is 2.18. The van der Waals surface area contributed by atoms with Crippen LogP contribution in [0.15, 0.2) is 0 Å². The Balaban J connectivity index is 4.23. The molecule has 0 spiro atoms. The number of unbranched alkanes of at least 4 members (excludes halogenated alkanes) is 14. The molecule has 11 N–H and O–H groups in total. The molecule has 6 atom stereocenters. The van der Waals surface area contributed by atoms with Crippen molar-refractivity contribution in [2.45, 2.75) is 211 Å². The van der Waals surface area contributed by atoms with Crippen LogP contribution in [0, 0.1) is 11.8 Å². The molecule has 0 radical (unpaired) electrons. The average Bonchev–Trinajstić information content (AvgIpc) is 3.36. The van der Waals surface area contributed by atoms with Gasteiger partial charge in [0.25, 0.3) is 0 Å². The van der Waals surface area contributed by atoms with Gasteiger partial charge in [-0.15, -0.1) is 0 Å². The van der Waals surface area contributed by atoms with Gasteiger partial charge in [0.1, 0.15) is 30.3 Å². The minimum Gasteiger partial charge on any atom is -0.481 e. The predicted octanol–water partition coefficient (Wildman–Crippen LogP) is 3.91. The van der Waals surface area contributed by atoms with Crippen molar-refractivity contribution in [3.63, 3.8) is 0 Å². The molecule has 0 fully saturated rings. The summed E-state index contributed by atoms with van der Waals surface area (Å²) in [6, 6.07) is -3.22. The van der Waals surface area contributed by atoms with Crippen molar-refractivity contribution >= 4 is 65.0 Å². The van der Waals surface area contributed by atoms with Gasteiger partial charge in [0.2, 0.25) is 23.6 Å². The topological polar surface area (TPSA) is 388 Å². The number of ether oxygens (including phenoxy) is 2. The number of likely N-dealkylation sites (N-methyl/N-ethyl adjacent to an activating group) is 1. The third kappa shape index (κ3) is 40.3. The Morgan fingerprint density at radius 3 is 1.43 bits per heavy atom. The number of aliphatic hydroxyl groups is 1. The lowest BCUT2D eigenvalue weighted by Gasteiger charge is -2.18. The van der Waals surface area contributed by atoms with Gasteiger partial charge in [-0.1, -0.05) is 77.0 Å². The number of Topliss-reactive ketones (excluding diaryl/α,β-unsaturated/α-hetero) is 2. The Morgan fingerprint density at radius 1 is 0.429 bits per heavy atom. The zero-order valence-electron chi connectivity index (χ0n) is 45.5. The zero-order chi connectivity index (χ0) is 57.8. The van der Waals surface area contributed by atoms with E-state index in [2.05, 4.69) is 26.6 Å². The summed E-state index contributed by atoms with van der Waals surface area (Å²) in [6.07, 6.45) is 13.6. The van der Waals surface area contributed by atoms with Gasteiger partial charge in [-0.3, -0.25) is 43.2 Å². The Labute approximate surface area is 452 Å². The molecule has 24 heteroatoms. The largest absolute Gasteiger partial charge is 0.481 e. The van der Waals surface area contributed by atoms with Gasteiger partial charge < -0.3 is 66.7 Å². The molecule has 0 saturated heterocycles. The molecular formula is C53H91N5O19. The number of nitrogens with one attached hydrogen (secondary N) is 5. The first-order valence-electron chi connectivity index (χ1n) is 27.5. The van der Waals surface area contributed by atoms with Gasteiger partial charge in [0, 0.05) is 58.0 Å². The fourth-order valence-electron chi connectivity index (χ4n) is 8.31. The molecule has 0 aliphatic heterocycles. The van der Waals surface area contributed by atoms with E-state index in [4.69, 9.17) is 14.6 Å². The fraction of sp³-hybridized carbons (Fsp3) is 0.792. The van der Waals surface area contributed by atoms with Gasteiger partial charge in [0.15, 0.2) is 0 Å². The van der Waals surface area contributed by atoms with Crippen LogP contribution in [0.3, 0.4) is 0 Å². The molecule has 0 unspecified atom stereocenters. The summed E-state index contributed by atoms with van der Waals surface area (Å²) in [5.41, 5.74) is 0. The molecule has 0 saturated carbocycles.